The maximum atomic E-state index is 5.58. The molecule has 0 aliphatic heterocycles. The molecule has 0 aromatic carbocycles. The molecule has 2 aromatic heterocycles. The molecular weight excluding hydrogens is 246 g/mol. The highest BCUT2D eigenvalue weighted by Gasteiger charge is 2.05. The number of aromatic nitrogens is 3. The van der Waals surface area contributed by atoms with E-state index < -0.39 is 0 Å². The number of anilines is 2. The number of nitrogen functional groups attached to an aromatic ring is 1. The van der Waals surface area contributed by atoms with Gasteiger partial charge in [-0.15, -0.1) is 0 Å². The molecule has 0 atom stereocenters. The van der Waals surface area contributed by atoms with E-state index in [1.54, 1.807) is 19.4 Å². The van der Waals surface area contributed by atoms with Gasteiger partial charge >= 0.3 is 0 Å². The number of nitrogens with two attached hydrogens (primary N) is 1. The molecule has 0 fully saturated rings. The Morgan fingerprint density at radius 3 is 2.84 bits per heavy atom. The molecule has 7 heteroatoms. The molecule has 0 radical (unpaired) electrons. The van der Waals surface area contributed by atoms with Gasteiger partial charge in [-0.05, 0) is 6.07 Å². The van der Waals surface area contributed by atoms with E-state index in [9.17, 15) is 0 Å². The molecule has 2 aromatic rings. The van der Waals surface area contributed by atoms with E-state index >= 15 is 0 Å². The van der Waals surface area contributed by atoms with Crippen LogP contribution in [0.1, 0.15) is 5.56 Å². The molecule has 7 nitrogen and oxygen atoms in total. The smallest absolute Gasteiger partial charge is 0.225 e. The average molecular weight is 261 g/mol. The Morgan fingerprint density at radius 2 is 2.11 bits per heavy atom. The van der Waals surface area contributed by atoms with Gasteiger partial charge in [-0.1, -0.05) is 6.07 Å². The third-order valence-electron chi connectivity index (χ3n) is 2.43. The van der Waals surface area contributed by atoms with Crippen LogP contribution in [0, 0.1) is 0 Å². The lowest BCUT2D eigenvalue weighted by Gasteiger charge is -2.09. The first-order valence-corrected chi connectivity index (χ1v) is 5.63. The molecular formula is C12H15N5O2. The summed E-state index contributed by atoms with van der Waals surface area (Å²) < 4.78 is 10.2. The van der Waals surface area contributed by atoms with Crippen LogP contribution in [-0.2, 0) is 6.54 Å². The predicted molar refractivity (Wildman–Crippen MR) is 71.1 cm³/mol. The molecule has 0 saturated carbocycles. The maximum absolute atomic E-state index is 5.58. The van der Waals surface area contributed by atoms with E-state index in [4.69, 9.17) is 15.2 Å². The minimum absolute atomic E-state index is 0.153. The number of nitrogens with one attached hydrogen (secondary N) is 1. The van der Waals surface area contributed by atoms with E-state index in [-0.39, 0.29) is 5.95 Å². The topological polar surface area (TPSA) is 95.2 Å². The third-order valence-corrected chi connectivity index (χ3v) is 2.43. The summed E-state index contributed by atoms with van der Waals surface area (Å²) in [5.74, 6) is 1.72. The number of rotatable bonds is 5. The van der Waals surface area contributed by atoms with Gasteiger partial charge < -0.3 is 20.5 Å². The summed E-state index contributed by atoms with van der Waals surface area (Å²) in [7, 11) is 3.10. The van der Waals surface area contributed by atoms with Crippen LogP contribution in [0.5, 0.6) is 11.8 Å². The van der Waals surface area contributed by atoms with Crippen molar-refractivity contribution in [1.29, 1.82) is 0 Å². The first-order chi connectivity index (χ1) is 9.22. The Kier molecular flexibility index (Phi) is 3.97. The van der Waals surface area contributed by atoms with Gasteiger partial charge in [0.2, 0.25) is 17.7 Å². The molecule has 0 aliphatic carbocycles. The molecule has 0 amide bonds. The quantitative estimate of drug-likeness (QED) is 0.831. The second kappa shape index (κ2) is 5.85. The number of nitrogens with zero attached hydrogens (tertiary/aromatic N) is 3. The van der Waals surface area contributed by atoms with Crippen LogP contribution in [0.2, 0.25) is 0 Å². The van der Waals surface area contributed by atoms with Crippen LogP contribution < -0.4 is 20.5 Å². The Labute approximate surface area is 110 Å². The minimum atomic E-state index is 0.153. The van der Waals surface area contributed by atoms with Crippen molar-refractivity contribution in [2.45, 2.75) is 6.54 Å². The number of hydrogen-bond acceptors (Lipinski definition) is 7. The maximum Gasteiger partial charge on any atom is 0.225 e. The van der Waals surface area contributed by atoms with Gasteiger partial charge in [0, 0.05) is 24.4 Å². The lowest BCUT2D eigenvalue weighted by molar-refractivity contribution is 0.393. The van der Waals surface area contributed by atoms with Crippen LogP contribution in [-0.4, -0.2) is 29.2 Å². The first-order valence-electron chi connectivity index (χ1n) is 5.63. The number of methoxy groups -OCH3 is 2. The zero-order valence-electron chi connectivity index (χ0n) is 10.8. The highest BCUT2D eigenvalue weighted by atomic mass is 16.5. The highest BCUT2D eigenvalue weighted by Crippen LogP contribution is 2.18. The fraction of sp³-hybridized carbons (Fsp3) is 0.250. The molecule has 2 heterocycles. The molecule has 19 heavy (non-hydrogen) atoms. The second-order valence-electron chi connectivity index (χ2n) is 3.68. The molecule has 0 aliphatic rings. The summed E-state index contributed by atoms with van der Waals surface area (Å²) in [4.78, 5) is 12.1. The van der Waals surface area contributed by atoms with Crippen molar-refractivity contribution in [2.24, 2.45) is 0 Å². The SMILES string of the molecule is COc1cc(NCc2cccnc2OC)nc(N)n1. The summed E-state index contributed by atoms with van der Waals surface area (Å²) in [5, 5.41) is 3.12. The zero-order valence-corrected chi connectivity index (χ0v) is 10.8. The summed E-state index contributed by atoms with van der Waals surface area (Å²) in [6.07, 6.45) is 1.67. The summed E-state index contributed by atoms with van der Waals surface area (Å²) in [5.41, 5.74) is 6.50. The van der Waals surface area contributed by atoms with Crippen LogP contribution >= 0.6 is 0 Å². The van der Waals surface area contributed by atoms with Crippen molar-refractivity contribution in [1.82, 2.24) is 15.0 Å². The Hall–Kier alpha value is -2.57. The lowest BCUT2D eigenvalue weighted by atomic mass is 10.2. The van der Waals surface area contributed by atoms with Gasteiger partial charge in [-0.2, -0.15) is 9.97 Å². The second-order valence-corrected chi connectivity index (χ2v) is 3.68. The van der Waals surface area contributed by atoms with Crippen LogP contribution in [0.25, 0.3) is 0 Å². The van der Waals surface area contributed by atoms with Crippen molar-refractivity contribution in [3.63, 3.8) is 0 Å². The Bertz CT molecular complexity index is 562. The monoisotopic (exact) mass is 261 g/mol. The Morgan fingerprint density at radius 1 is 1.26 bits per heavy atom. The lowest BCUT2D eigenvalue weighted by Crippen LogP contribution is -2.06. The fourth-order valence-corrected chi connectivity index (χ4v) is 1.57. The predicted octanol–water partition coefficient (Wildman–Crippen LogP) is 1.08. The van der Waals surface area contributed by atoms with Crippen molar-refractivity contribution in [2.75, 3.05) is 25.3 Å². The first kappa shape index (κ1) is 12.9. The molecule has 0 spiro atoms. The van der Waals surface area contributed by atoms with Gasteiger partial charge in [-0.25, -0.2) is 4.98 Å². The number of ether oxygens (including phenoxy) is 2. The minimum Gasteiger partial charge on any atom is -0.481 e. The van der Waals surface area contributed by atoms with Crippen LogP contribution in [0.4, 0.5) is 11.8 Å². The summed E-state index contributed by atoms with van der Waals surface area (Å²) in [6.45, 7) is 0.511. The van der Waals surface area contributed by atoms with Crippen LogP contribution in [0.15, 0.2) is 24.4 Å². The van der Waals surface area contributed by atoms with Crippen molar-refractivity contribution >= 4 is 11.8 Å². The highest BCUT2D eigenvalue weighted by molar-refractivity contribution is 5.44. The standard InChI is InChI=1S/C12H15N5O2/c1-18-10-6-9(16-12(13)17-10)15-7-8-4-3-5-14-11(8)19-2/h3-6H,7H2,1-2H3,(H3,13,15,16,17). The summed E-state index contributed by atoms with van der Waals surface area (Å²) >= 11 is 0. The van der Waals surface area contributed by atoms with E-state index in [2.05, 4.69) is 20.3 Å². The average Bonchev–Trinajstić information content (AvgIpc) is 2.44. The number of pyridine rings is 1. The third kappa shape index (κ3) is 3.21. The van der Waals surface area contributed by atoms with E-state index in [1.165, 1.54) is 7.11 Å². The molecule has 0 saturated heterocycles. The fourth-order valence-electron chi connectivity index (χ4n) is 1.57. The van der Waals surface area contributed by atoms with Crippen molar-refractivity contribution in [3.05, 3.63) is 30.0 Å². The van der Waals surface area contributed by atoms with Gasteiger partial charge in [0.05, 0.1) is 14.2 Å². The van der Waals surface area contributed by atoms with Gasteiger partial charge in [0.25, 0.3) is 0 Å². The van der Waals surface area contributed by atoms with Crippen molar-refractivity contribution < 1.29 is 9.47 Å². The number of hydrogen-bond donors (Lipinski definition) is 2. The molecule has 3 N–H and O–H groups in total. The largest absolute Gasteiger partial charge is 0.481 e. The molecule has 0 unspecified atom stereocenters. The van der Waals surface area contributed by atoms with E-state index in [0.717, 1.165) is 5.56 Å². The van der Waals surface area contributed by atoms with Gasteiger partial charge in [0.1, 0.15) is 5.82 Å². The van der Waals surface area contributed by atoms with Crippen LogP contribution in [0.3, 0.4) is 0 Å². The van der Waals surface area contributed by atoms with Crippen molar-refractivity contribution in [3.8, 4) is 11.8 Å². The van der Waals surface area contributed by atoms with E-state index in [1.807, 2.05) is 12.1 Å². The van der Waals surface area contributed by atoms with E-state index in [0.29, 0.717) is 24.1 Å². The summed E-state index contributed by atoms with van der Waals surface area (Å²) in [6, 6.07) is 5.42. The normalized spacial score (nSPS) is 10.0. The Balaban J connectivity index is 2.12. The molecule has 2 rings (SSSR count). The van der Waals surface area contributed by atoms with Gasteiger partial charge in [-0.3, -0.25) is 0 Å². The zero-order chi connectivity index (χ0) is 13.7. The van der Waals surface area contributed by atoms with Gasteiger partial charge in [0.15, 0.2) is 0 Å². The molecule has 100 valence electrons. The molecule has 0 bridgehead atoms.